The molecule has 0 N–H and O–H groups in total. The van der Waals surface area contributed by atoms with Crippen LogP contribution < -0.4 is 0 Å². The SMILES string of the molecule is Cc1ccc(C(=O)Cc2cccc(CN3CCN(C(=O)C4CCCC4)[C@@H](C)C3)c2Cl)cn1. The number of Topliss-reactive ketones (excluding diaryl/α,β-unsaturated/α-hetero) is 1. The van der Waals surface area contributed by atoms with Crippen LogP contribution in [0.3, 0.4) is 0 Å². The minimum absolute atomic E-state index is 0.0178. The second kappa shape index (κ2) is 10.1. The van der Waals surface area contributed by atoms with Gasteiger partial charge in [-0.05, 0) is 49.9 Å². The summed E-state index contributed by atoms with van der Waals surface area (Å²) < 4.78 is 0. The summed E-state index contributed by atoms with van der Waals surface area (Å²) >= 11 is 6.73. The van der Waals surface area contributed by atoms with Gasteiger partial charge < -0.3 is 4.90 Å². The Morgan fingerprint density at radius 1 is 1.09 bits per heavy atom. The molecule has 4 rings (SSSR count). The summed E-state index contributed by atoms with van der Waals surface area (Å²) in [6.07, 6.45) is 6.35. The van der Waals surface area contributed by atoms with Gasteiger partial charge in [0.15, 0.2) is 5.78 Å². The zero-order chi connectivity index (χ0) is 22.7. The lowest BCUT2D eigenvalue weighted by molar-refractivity contribution is -0.140. The van der Waals surface area contributed by atoms with Gasteiger partial charge in [-0.15, -0.1) is 0 Å². The molecule has 1 amide bonds. The van der Waals surface area contributed by atoms with E-state index in [0.717, 1.165) is 55.8 Å². The summed E-state index contributed by atoms with van der Waals surface area (Å²) in [4.78, 5) is 34.2. The summed E-state index contributed by atoms with van der Waals surface area (Å²) in [5.41, 5.74) is 3.37. The molecule has 1 saturated carbocycles. The summed E-state index contributed by atoms with van der Waals surface area (Å²) in [6.45, 7) is 7.23. The van der Waals surface area contributed by atoms with Crippen LogP contribution in [-0.4, -0.2) is 52.2 Å². The molecule has 1 aliphatic heterocycles. The van der Waals surface area contributed by atoms with Gasteiger partial charge in [0.25, 0.3) is 0 Å². The molecule has 32 heavy (non-hydrogen) atoms. The fraction of sp³-hybridized carbons (Fsp3) is 0.500. The van der Waals surface area contributed by atoms with Gasteiger partial charge in [-0.3, -0.25) is 19.5 Å². The van der Waals surface area contributed by atoms with E-state index in [1.54, 1.807) is 6.20 Å². The van der Waals surface area contributed by atoms with E-state index in [-0.39, 0.29) is 24.2 Å². The molecular formula is C26H32ClN3O2. The molecule has 2 aromatic rings. The Kier molecular flexibility index (Phi) is 7.27. The van der Waals surface area contributed by atoms with E-state index in [9.17, 15) is 9.59 Å². The van der Waals surface area contributed by atoms with E-state index in [2.05, 4.69) is 21.7 Å². The topological polar surface area (TPSA) is 53.5 Å². The lowest BCUT2D eigenvalue weighted by Crippen LogP contribution is -2.54. The number of aryl methyl sites for hydroxylation is 1. The first kappa shape index (κ1) is 22.9. The monoisotopic (exact) mass is 453 g/mol. The van der Waals surface area contributed by atoms with Crippen LogP contribution in [0.2, 0.25) is 5.02 Å². The molecule has 170 valence electrons. The molecule has 0 radical (unpaired) electrons. The Labute approximate surface area is 195 Å². The second-order valence-electron chi connectivity index (χ2n) is 9.28. The maximum Gasteiger partial charge on any atom is 0.226 e. The van der Waals surface area contributed by atoms with E-state index in [1.165, 1.54) is 12.8 Å². The highest BCUT2D eigenvalue weighted by Crippen LogP contribution is 2.29. The number of aromatic nitrogens is 1. The first-order chi connectivity index (χ1) is 15.4. The van der Waals surface area contributed by atoms with Crippen molar-refractivity contribution in [3.05, 3.63) is 63.9 Å². The number of hydrogen-bond acceptors (Lipinski definition) is 4. The number of carbonyl (C=O) groups excluding carboxylic acids is 2. The van der Waals surface area contributed by atoms with Crippen molar-refractivity contribution in [3.8, 4) is 0 Å². The summed E-state index contributed by atoms with van der Waals surface area (Å²) in [7, 11) is 0. The van der Waals surface area contributed by atoms with Crippen molar-refractivity contribution >= 4 is 23.3 Å². The highest BCUT2D eigenvalue weighted by atomic mass is 35.5. The molecule has 2 aliphatic rings. The van der Waals surface area contributed by atoms with Gasteiger partial charge in [-0.1, -0.05) is 42.6 Å². The Morgan fingerprint density at radius 3 is 2.53 bits per heavy atom. The number of amides is 1. The number of nitrogens with zero attached hydrogens (tertiary/aromatic N) is 3. The third-order valence-electron chi connectivity index (χ3n) is 6.84. The van der Waals surface area contributed by atoms with Gasteiger partial charge in [0, 0.05) is 67.0 Å². The molecule has 1 aromatic heterocycles. The molecule has 5 nitrogen and oxygen atoms in total. The van der Waals surface area contributed by atoms with E-state index in [0.29, 0.717) is 16.5 Å². The largest absolute Gasteiger partial charge is 0.337 e. The molecule has 2 fully saturated rings. The summed E-state index contributed by atoms with van der Waals surface area (Å²) in [5.74, 6) is 0.597. The number of halogens is 1. The van der Waals surface area contributed by atoms with Gasteiger partial charge >= 0.3 is 0 Å². The Bertz CT molecular complexity index is 970. The third-order valence-corrected chi connectivity index (χ3v) is 7.32. The Morgan fingerprint density at radius 2 is 1.84 bits per heavy atom. The quantitative estimate of drug-likeness (QED) is 0.595. The molecule has 2 heterocycles. The van der Waals surface area contributed by atoms with Crippen LogP contribution >= 0.6 is 11.6 Å². The molecule has 0 spiro atoms. The summed E-state index contributed by atoms with van der Waals surface area (Å²) in [6, 6.07) is 9.80. The number of piperazine rings is 1. The van der Waals surface area contributed by atoms with Gasteiger partial charge in [0.2, 0.25) is 5.91 Å². The standard InChI is InChI=1S/C26H32ClN3O2/c1-18-10-11-22(15-28-18)24(31)14-21-8-5-9-23(25(21)27)17-29-12-13-30(19(2)16-29)26(32)20-6-3-4-7-20/h5,8-11,15,19-20H,3-4,6-7,12-14,16-17H2,1-2H3/t19-/m0/s1. The van der Waals surface area contributed by atoms with Crippen molar-refractivity contribution < 1.29 is 9.59 Å². The van der Waals surface area contributed by atoms with Crippen LogP contribution in [0.15, 0.2) is 36.5 Å². The van der Waals surface area contributed by atoms with Crippen LogP contribution in [0.5, 0.6) is 0 Å². The van der Waals surface area contributed by atoms with Crippen molar-refractivity contribution in [2.45, 2.75) is 58.5 Å². The highest BCUT2D eigenvalue weighted by molar-refractivity contribution is 6.32. The first-order valence-corrected chi connectivity index (χ1v) is 12.0. The van der Waals surface area contributed by atoms with Gasteiger partial charge in [-0.25, -0.2) is 0 Å². The molecule has 1 aliphatic carbocycles. The zero-order valence-electron chi connectivity index (χ0n) is 19.0. The van der Waals surface area contributed by atoms with Crippen LogP contribution in [0.1, 0.15) is 59.8 Å². The lowest BCUT2D eigenvalue weighted by Gasteiger charge is -2.41. The normalized spacial score (nSPS) is 20.0. The molecule has 1 aromatic carbocycles. The van der Waals surface area contributed by atoms with E-state index in [4.69, 9.17) is 11.6 Å². The Balaban J connectivity index is 1.38. The van der Waals surface area contributed by atoms with Crippen molar-refractivity contribution in [1.82, 2.24) is 14.8 Å². The lowest BCUT2D eigenvalue weighted by atomic mass is 10.0. The molecule has 0 bridgehead atoms. The minimum atomic E-state index is 0.0178. The number of carbonyl (C=O) groups is 2. The van der Waals surface area contributed by atoms with Crippen LogP contribution in [0.25, 0.3) is 0 Å². The fourth-order valence-corrected chi connectivity index (χ4v) is 5.20. The van der Waals surface area contributed by atoms with Crippen molar-refractivity contribution in [2.75, 3.05) is 19.6 Å². The summed E-state index contributed by atoms with van der Waals surface area (Å²) in [5, 5.41) is 0.665. The zero-order valence-corrected chi connectivity index (χ0v) is 19.8. The van der Waals surface area contributed by atoms with Crippen molar-refractivity contribution in [2.24, 2.45) is 5.92 Å². The van der Waals surface area contributed by atoms with Crippen molar-refractivity contribution in [1.29, 1.82) is 0 Å². The van der Waals surface area contributed by atoms with Crippen LogP contribution in [-0.2, 0) is 17.8 Å². The predicted octanol–water partition coefficient (Wildman–Crippen LogP) is 4.69. The molecule has 1 saturated heterocycles. The van der Waals surface area contributed by atoms with Gasteiger partial charge in [0.05, 0.1) is 0 Å². The first-order valence-electron chi connectivity index (χ1n) is 11.7. The van der Waals surface area contributed by atoms with Crippen LogP contribution in [0, 0.1) is 12.8 Å². The number of hydrogen-bond donors (Lipinski definition) is 0. The number of pyridine rings is 1. The second-order valence-corrected chi connectivity index (χ2v) is 9.65. The van der Waals surface area contributed by atoms with Gasteiger partial charge in [-0.2, -0.15) is 0 Å². The average Bonchev–Trinajstić information content (AvgIpc) is 3.32. The maximum atomic E-state index is 12.9. The molecular weight excluding hydrogens is 422 g/mol. The minimum Gasteiger partial charge on any atom is -0.337 e. The molecule has 6 heteroatoms. The number of ketones is 1. The Hall–Kier alpha value is -2.24. The smallest absolute Gasteiger partial charge is 0.226 e. The predicted molar refractivity (Wildman–Crippen MR) is 127 cm³/mol. The van der Waals surface area contributed by atoms with E-state index in [1.807, 2.05) is 37.3 Å². The average molecular weight is 454 g/mol. The fourth-order valence-electron chi connectivity index (χ4n) is 4.95. The molecule has 0 unspecified atom stereocenters. The van der Waals surface area contributed by atoms with Crippen molar-refractivity contribution in [3.63, 3.8) is 0 Å². The van der Waals surface area contributed by atoms with E-state index >= 15 is 0 Å². The highest BCUT2D eigenvalue weighted by Gasteiger charge is 2.33. The maximum absolute atomic E-state index is 12.9. The number of rotatable bonds is 6. The van der Waals surface area contributed by atoms with Gasteiger partial charge in [0.1, 0.15) is 0 Å². The third kappa shape index (κ3) is 5.21. The van der Waals surface area contributed by atoms with Crippen LogP contribution in [0.4, 0.5) is 0 Å². The number of benzene rings is 1. The molecule has 1 atom stereocenters. The van der Waals surface area contributed by atoms with E-state index < -0.39 is 0 Å².